The molecule has 2 aromatic heterocycles. The molecule has 0 fully saturated rings. The molecule has 0 aliphatic rings. The molecule has 0 amide bonds. The van der Waals surface area contributed by atoms with Crippen LogP contribution in [0.25, 0.3) is 22.3 Å². The summed E-state index contributed by atoms with van der Waals surface area (Å²) >= 11 is 3.43. The first-order valence-electron chi connectivity index (χ1n) is 8.78. The Kier molecular flexibility index (Phi) is 4.88. The Morgan fingerprint density at radius 1 is 1.11 bits per heavy atom. The third-order valence-electron chi connectivity index (χ3n) is 4.45. The Hall–Kier alpha value is -3.12. The van der Waals surface area contributed by atoms with Gasteiger partial charge in [0, 0.05) is 22.4 Å². The molecule has 2 aromatic carbocycles. The molecule has 28 heavy (non-hydrogen) atoms. The van der Waals surface area contributed by atoms with Crippen molar-refractivity contribution in [1.29, 1.82) is 0 Å². The molecule has 0 N–H and O–H groups in total. The van der Waals surface area contributed by atoms with E-state index in [1.807, 2.05) is 62.4 Å². The summed E-state index contributed by atoms with van der Waals surface area (Å²) in [6.07, 6.45) is 3.37. The van der Waals surface area contributed by atoms with Gasteiger partial charge in [0.2, 0.25) is 0 Å². The van der Waals surface area contributed by atoms with Gasteiger partial charge in [0.05, 0.1) is 16.6 Å². The molecule has 0 radical (unpaired) electrons. The molecule has 0 aliphatic heterocycles. The van der Waals surface area contributed by atoms with Gasteiger partial charge in [0.15, 0.2) is 5.82 Å². The lowest BCUT2D eigenvalue weighted by Crippen LogP contribution is -2.21. The zero-order valence-electron chi connectivity index (χ0n) is 15.4. The average molecular weight is 433 g/mol. The zero-order chi connectivity index (χ0) is 19.7. The van der Waals surface area contributed by atoms with Crippen LogP contribution in [0.5, 0.6) is 0 Å². The molecule has 0 unspecified atom stereocenters. The number of hydrogen-bond acceptors (Lipinski definition) is 4. The van der Waals surface area contributed by atoms with Crippen LogP contribution in [0.15, 0.2) is 81.4 Å². The van der Waals surface area contributed by atoms with Gasteiger partial charge in [-0.3, -0.25) is 9.78 Å². The summed E-state index contributed by atoms with van der Waals surface area (Å²) in [4.78, 5) is 22.1. The molecule has 0 aliphatic carbocycles. The number of aromatic nitrogens is 3. The standard InChI is InChI=1S/C22H17BrN4O/c1-14-5-7-16(8-6-14)15(2)26-27-21(17-4-3-11-24-13-17)25-20-10-9-18(23)12-19(20)22(27)28/h3-13H,1-2H3. The van der Waals surface area contributed by atoms with E-state index in [4.69, 9.17) is 4.98 Å². The third kappa shape index (κ3) is 3.51. The summed E-state index contributed by atoms with van der Waals surface area (Å²) in [6, 6.07) is 17.2. The highest BCUT2D eigenvalue weighted by molar-refractivity contribution is 9.10. The number of hydrogen-bond donors (Lipinski definition) is 0. The van der Waals surface area contributed by atoms with E-state index in [1.54, 1.807) is 18.5 Å². The van der Waals surface area contributed by atoms with Gasteiger partial charge in [-0.05, 0) is 49.7 Å². The number of halogens is 1. The predicted molar refractivity (Wildman–Crippen MR) is 116 cm³/mol. The minimum absolute atomic E-state index is 0.225. The van der Waals surface area contributed by atoms with E-state index < -0.39 is 0 Å². The van der Waals surface area contributed by atoms with Gasteiger partial charge in [-0.1, -0.05) is 45.8 Å². The second-order valence-electron chi connectivity index (χ2n) is 6.51. The van der Waals surface area contributed by atoms with Crippen LogP contribution in [0.3, 0.4) is 0 Å². The number of pyridine rings is 1. The van der Waals surface area contributed by atoms with Crippen molar-refractivity contribution in [2.75, 3.05) is 0 Å². The third-order valence-corrected chi connectivity index (χ3v) is 4.94. The largest absolute Gasteiger partial charge is 0.282 e. The fourth-order valence-corrected chi connectivity index (χ4v) is 3.29. The zero-order valence-corrected chi connectivity index (χ0v) is 17.0. The second-order valence-corrected chi connectivity index (χ2v) is 7.42. The SMILES string of the molecule is CC(=Nn1c(-c2cccnc2)nc2ccc(Br)cc2c1=O)c1ccc(C)cc1. The molecule has 0 atom stereocenters. The van der Waals surface area contributed by atoms with Crippen molar-refractivity contribution in [2.24, 2.45) is 5.10 Å². The van der Waals surface area contributed by atoms with E-state index >= 15 is 0 Å². The van der Waals surface area contributed by atoms with Gasteiger partial charge in [0.1, 0.15) is 0 Å². The second kappa shape index (κ2) is 7.48. The van der Waals surface area contributed by atoms with Crippen LogP contribution in [0.2, 0.25) is 0 Å². The molecule has 0 spiro atoms. The van der Waals surface area contributed by atoms with Crippen LogP contribution in [-0.4, -0.2) is 20.4 Å². The minimum Gasteiger partial charge on any atom is -0.267 e. The van der Waals surface area contributed by atoms with Crippen LogP contribution in [0.4, 0.5) is 0 Å². The summed E-state index contributed by atoms with van der Waals surface area (Å²) in [5, 5.41) is 5.13. The molecular weight excluding hydrogens is 416 g/mol. The highest BCUT2D eigenvalue weighted by atomic mass is 79.9. The van der Waals surface area contributed by atoms with Crippen LogP contribution >= 0.6 is 15.9 Å². The molecule has 0 saturated carbocycles. The topological polar surface area (TPSA) is 60.1 Å². The number of fused-ring (bicyclic) bond motifs is 1. The van der Waals surface area contributed by atoms with Gasteiger partial charge in [-0.15, -0.1) is 0 Å². The number of benzene rings is 2. The van der Waals surface area contributed by atoms with E-state index in [0.29, 0.717) is 16.7 Å². The van der Waals surface area contributed by atoms with Crippen LogP contribution in [-0.2, 0) is 0 Å². The quantitative estimate of drug-likeness (QED) is 0.436. The normalized spacial score (nSPS) is 11.8. The lowest BCUT2D eigenvalue weighted by Gasteiger charge is -2.11. The molecule has 2 heterocycles. The summed E-state index contributed by atoms with van der Waals surface area (Å²) in [6.45, 7) is 3.92. The fourth-order valence-electron chi connectivity index (χ4n) is 2.93. The van der Waals surface area contributed by atoms with E-state index in [-0.39, 0.29) is 5.56 Å². The van der Waals surface area contributed by atoms with E-state index in [0.717, 1.165) is 21.3 Å². The van der Waals surface area contributed by atoms with Crippen molar-refractivity contribution >= 4 is 32.5 Å². The molecule has 0 bridgehead atoms. The fraction of sp³-hybridized carbons (Fsp3) is 0.0909. The Bertz CT molecular complexity index is 1250. The van der Waals surface area contributed by atoms with E-state index in [9.17, 15) is 4.79 Å². The first kappa shape index (κ1) is 18.3. The van der Waals surface area contributed by atoms with Gasteiger partial charge < -0.3 is 0 Å². The van der Waals surface area contributed by atoms with Gasteiger partial charge in [-0.2, -0.15) is 9.78 Å². The maximum atomic E-state index is 13.3. The number of nitrogens with zero attached hydrogens (tertiary/aromatic N) is 4. The molecule has 4 aromatic rings. The molecule has 5 nitrogen and oxygen atoms in total. The minimum atomic E-state index is -0.225. The van der Waals surface area contributed by atoms with Crippen molar-refractivity contribution in [3.8, 4) is 11.4 Å². The summed E-state index contributed by atoms with van der Waals surface area (Å²) in [5.41, 5.74) is 3.96. The van der Waals surface area contributed by atoms with Crippen LogP contribution < -0.4 is 5.56 Å². The number of aryl methyl sites for hydroxylation is 1. The molecule has 4 rings (SSSR count). The highest BCUT2D eigenvalue weighted by Crippen LogP contribution is 2.21. The Labute approximate surface area is 170 Å². The smallest absolute Gasteiger partial charge is 0.267 e. The van der Waals surface area contributed by atoms with Gasteiger partial charge >= 0.3 is 0 Å². The first-order chi connectivity index (χ1) is 13.5. The van der Waals surface area contributed by atoms with Crippen molar-refractivity contribution in [3.05, 3.63) is 92.9 Å². The lowest BCUT2D eigenvalue weighted by molar-refractivity contribution is 0.823. The highest BCUT2D eigenvalue weighted by Gasteiger charge is 2.14. The Morgan fingerprint density at radius 2 is 1.89 bits per heavy atom. The van der Waals surface area contributed by atoms with Crippen LogP contribution in [0.1, 0.15) is 18.1 Å². The van der Waals surface area contributed by atoms with Crippen molar-refractivity contribution < 1.29 is 0 Å². The lowest BCUT2D eigenvalue weighted by atomic mass is 10.1. The molecular formula is C22H17BrN4O. The summed E-state index contributed by atoms with van der Waals surface area (Å²) in [5.74, 6) is 0.458. The van der Waals surface area contributed by atoms with Crippen molar-refractivity contribution in [3.63, 3.8) is 0 Å². The van der Waals surface area contributed by atoms with Gasteiger partial charge in [-0.25, -0.2) is 4.98 Å². The maximum Gasteiger partial charge on any atom is 0.282 e. The first-order valence-corrected chi connectivity index (χ1v) is 9.57. The molecule has 6 heteroatoms. The van der Waals surface area contributed by atoms with Crippen LogP contribution in [0, 0.1) is 6.92 Å². The Morgan fingerprint density at radius 3 is 2.61 bits per heavy atom. The van der Waals surface area contributed by atoms with Crippen molar-refractivity contribution in [2.45, 2.75) is 13.8 Å². The van der Waals surface area contributed by atoms with E-state index in [2.05, 4.69) is 26.0 Å². The number of rotatable bonds is 3. The summed E-state index contributed by atoms with van der Waals surface area (Å²) < 4.78 is 2.18. The average Bonchev–Trinajstić information content (AvgIpc) is 2.71. The maximum absolute atomic E-state index is 13.3. The monoisotopic (exact) mass is 432 g/mol. The summed E-state index contributed by atoms with van der Waals surface area (Å²) in [7, 11) is 0. The van der Waals surface area contributed by atoms with Crippen molar-refractivity contribution in [1.82, 2.24) is 14.6 Å². The van der Waals surface area contributed by atoms with E-state index in [1.165, 1.54) is 10.2 Å². The molecule has 0 saturated heterocycles. The molecule has 138 valence electrons. The predicted octanol–water partition coefficient (Wildman–Crippen LogP) is 4.80. The van der Waals surface area contributed by atoms with Gasteiger partial charge in [0.25, 0.3) is 5.56 Å². The Balaban J connectivity index is 1.99.